The molecule has 1 saturated heterocycles. The van der Waals surface area contributed by atoms with Gasteiger partial charge in [0.1, 0.15) is 18.1 Å². The van der Waals surface area contributed by atoms with Crippen molar-refractivity contribution in [3.05, 3.63) is 30.1 Å². The normalized spacial score (nSPS) is 30.6. The van der Waals surface area contributed by atoms with Crippen LogP contribution in [-0.2, 0) is 0 Å². The van der Waals surface area contributed by atoms with E-state index in [0.717, 1.165) is 24.9 Å². The molecular formula is C13H21N2O+. The van der Waals surface area contributed by atoms with Crippen LogP contribution >= 0.6 is 0 Å². The van der Waals surface area contributed by atoms with Gasteiger partial charge in [0.25, 0.3) is 0 Å². The summed E-state index contributed by atoms with van der Waals surface area (Å²) in [4.78, 5) is 4.16. The van der Waals surface area contributed by atoms with Gasteiger partial charge in [-0.05, 0) is 32.9 Å². The minimum absolute atomic E-state index is 0.138. The SMILES string of the molecule is CC(C)(C)[N+]1(O)CCCC1c1cccnc1. The largest absolute Gasteiger partial charge is 0.264 e. The van der Waals surface area contributed by atoms with Crippen LogP contribution in [-0.4, -0.2) is 26.9 Å². The molecule has 1 aliphatic rings. The first-order chi connectivity index (χ1) is 7.45. The number of quaternary nitrogens is 1. The van der Waals surface area contributed by atoms with Gasteiger partial charge in [0.15, 0.2) is 0 Å². The zero-order chi connectivity index (χ0) is 11.8. The molecule has 3 heteroatoms. The Kier molecular flexibility index (Phi) is 2.76. The summed E-state index contributed by atoms with van der Waals surface area (Å²) in [5, 5.41) is 10.9. The molecule has 2 heterocycles. The van der Waals surface area contributed by atoms with Crippen LogP contribution in [0.3, 0.4) is 0 Å². The smallest absolute Gasteiger partial charge is 0.146 e. The summed E-state index contributed by atoms with van der Waals surface area (Å²) in [6.07, 6.45) is 5.78. The minimum atomic E-state index is -0.142. The minimum Gasteiger partial charge on any atom is -0.264 e. The van der Waals surface area contributed by atoms with E-state index in [1.54, 1.807) is 6.20 Å². The highest BCUT2D eigenvalue weighted by Crippen LogP contribution is 2.43. The third kappa shape index (κ3) is 1.74. The van der Waals surface area contributed by atoms with Crippen LogP contribution in [0.1, 0.15) is 45.2 Å². The molecule has 16 heavy (non-hydrogen) atoms. The van der Waals surface area contributed by atoms with Crippen LogP contribution in [0.5, 0.6) is 0 Å². The Morgan fingerprint density at radius 1 is 1.44 bits per heavy atom. The van der Waals surface area contributed by atoms with Gasteiger partial charge in [0.05, 0.1) is 0 Å². The number of likely N-dealkylation sites (tertiary alicyclic amines) is 1. The predicted octanol–water partition coefficient (Wildman–Crippen LogP) is 2.92. The lowest BCUT2D eigenvalue weighted by Gasteiger charge is -2.42. The summed E-state index contributed by atoms with van der Waals surface area (Å²) in [6, 6.07) is 4.19. The van der Waals surface area contributed by atoms with Gasteiger partial charge in [-0.25, -0.2) is 5.21 Å². The van der Waals surface area contributed by atoms with Crippen molar-refractivity contribution in [2.24, 2.45) is 0 Å². The predicted molar refractivity (Wildman–Crippen MR) is 62.9 cm³/mol. The summed E-state index contributed by atoms with van der Waals surface area (Å²) >= 11 is 0. The lowest BCUT2D eigenvalue weighted by atomic mass is 9.99. The molecule has 2 rings (SSSR count). The Balaban J connectivity index is 2.35. The highest BCUT2D eigenvalue weighted by Gasteiger charge is 2.50. The summed E-state index contributed by atoms with van der Waals surface area (Å²) < 4.78 is 0.138. The van der Waals surface area contributed by atoms with E-state index in [2.05, 4.69) is 31.8 Å². The van der Waals surface area contributed by atoms with E-state index in [9.17, 15) is 5.21 Å². The lowest BCUT2D eigenvalue weighted by molar-refractivity contribution is -1.15. The van der Waals surface area contributed by atoms with Crippen LogP contribution in [0.15, 0.2) is 24.5 Å². The van der Waals surface area contributed by atoms with E-state index in [1.165, 1.54) is 0 Å². The van der Waals surface area contributed by atoms with Crippen LogP contribution in [0, 0.1) is 0 Å². The van der Waals surface area contributed by atoms with Gasteiger partial charge in [-0.3, -0.25) is 4.98 Å². The van der Waals surface area contributed by atoms with Gasteiger partial charge in [0, 0.05) is 30.8 Å². The average Bonchev–Trinajstić information content (AvgIpc) is 2.62. The van der Waals surface area contributed by atoms with Crippen molar-refractivity contribution in [1.29, 1.82) is 0 Å². The summed E-state index contributed by atoms with van der Waals surface area (Å²) in [5.41, 5.74) is 1.01. The first-order valence-electron chi connectivity index (χ1n) is 5.96. The summed E-state index contributed by atoms with van der Waals surface area (Å²) in [6.45, 7) is 7.13. The fourth-order valence-electron chi connectivity index (χ4n) is 2.68. The van der Waals surface area contributed by atoms with Gasteiger partial charge in [-0.2, -0.15) is 4.65 Å². The van der Waals surface area contributed by atoms with E-state index in [0.29, 0.717) is 0 Å². The van der Waals surface area contributed by atoms with E-state index in [-0.39, 0.29) is 16.2 Å². The highest BCUT2D eigenvalue weighted by molar-refractivity contribution is 5.12. The topological polar surface area (TPSA) is 33.1 Å². The molecule has 2 atom stereocenters. The molecule has 1 fully saturated rings. The maximum Gasteiger partial charge on any atom is 0.146 e. The van der Waals surface area contributed by atoms with E-state index in [1.807, 2.05) is 12.3 Å². The second kappa shape index (κ2) is 3.82. The first kappa shape index (κ1) is 11.6. The Morgan fingerprint density at radius 2 is 2.19 bits per heavy atom. The second-order valence-electron chi connectivity index (χ2n) is 5.67. The van der Waals surface area contributed by atoms with Crippen LogP contribution in [0.4, 0.5) is 0 Å². The Bertz CT molecular complexity index is 358. The fourth-order valence-corrected chi connectivity index (χ4v) is 2.68. The third-order valence-electron chi connectivity index (χ3n) is 3.72. The molecule has 1 aliphatic heterocycles. The number of rotatable bonds is 1. The van der Waals surface area contributed by atoms with Crippen molar-refractivity contribution >= 4 is 0 Å². The number of pyridine rings is 1. The monoisotopic (exact) mass is 221 g/mol. The molecule has 0 aromatic carbocycles. The van der Waals surface area contributed by atoms with E-state index < -0.39 is 0 Å². The molecular weight excluding hydrogens is 200 g/mol. The van der Waals surface area contributed by atoms with Gasteiger partial charge in [0.2, 0.25) is 0 Å². The standard InChI is InChI=1S/C13H21N2O/c1-13(2,3)15(16)9-5-7-12(15)11-6-4-8-14-10-11/h4,6,8,10,12,16H,5,7,9H2,1-3H3/q+1. The van der Waals surface area contributed by atoms with Crippen LogP contribution in [0.25, 0.3) is 0 Å². The molecule has 0 bridgehead atoms. The second-order valence-corrected chi connectivity index (χ2v) is 5.67. The van der Waals surface area contributed by atoms with Crippen LogP contribution < -0.4 is 0 Å². The highest BCUT2D eigenvalue weighted by atomic mass is 16.6. The number of hydroxylamine groups is 3. The van der Waals surface area contributed by atoms with Crippen molar-refractivity contribution in [2.45, 2.75) is 45.2 Å². The molecule has 0 amide bonds. The van der Waals surface area contributed by atoms with Crippen molar-refractivity contribution in [3.8, 4) is 0 Å². The number of hydrogen-bond acceptors (Lipinski definition) is 2. The Morgan fingerprint density at radius 3 is 2.75 bits per heavy atom. The zero-order valence-corrected chi connectivity index (χ0v) is 10.3. The number of nitrogens with zero attached hydrogens (tertiary/aromatic N) is 2. The van der Waals surface area contributed by atoms with E-state index >= 15 is 0 Å². The number of hydrogen-bond donors (Lipinski definition) is 1. The summed E-state index contributed by atoms with van der Waals surface area (Å²) in [5.74, 6) is 0. The van der Waals surface area contributed by atoms with Gasteiger partial charge in [-0.15, -0.1) is 0 Å². The van der Waals surface area contributed by atoms with Gasteiger partial charge >= 0.3 is 0 Å². The Labute approximate surface area is 97.3 Å². The summed E-state index contributed by atoms with van der Waals surface area (Å²) in [7, 11) is 0. The van der Waals surface area contributed by atoms with Crippen molar-refractivity contribution in [3.63, 3.8) is 0 Å². The lowest BCUT2D eigenvalue weighted by Crippen LogP contribution is -2.57. The molecule has 0 aliphatic carbocycles. The van der Waals surface area contributed by atoms with Gasteiger partial charge < -0.3 is 0 Å². The molecule has 1 aromatic heterocycles. The van der Waals surface area contributed by atoms with Gasteiger partial charge in [-0.1, -0.05) is 0 Å². The quantitative estimate of drug-likeness (QED) is 0.740. The van der Waals surface area contributed by atoms with Crippen molar-refractivity contribution < 1.29 is 9.85 Å². The maximum atomic E-state index is 10.9. The molecule has 1 N–H and O–H groups in total. The third-order valence-corrected chi connectivity index (χ3v) is 3.72. The van der Waals surface area contributed by atoms with Crippen LogP contribution in [0.2, 0.25) is 0 Å². The maximum absolute atomic E-state index is 10.9. The Hall–Kier alpha value is -0.930. The molecule has 0 spiro atoms. The number of aromatic nitrogens is 1. The molecule has 0 saturated carbocycles. The molecule has 2 unspecified atom stereocenters. The molecule has 3 nitrogen and oxygen atoms in total. The van der Waals surface area contributed by atoms with Crippen molar-refractivity contribution in [1.82, 2.24) is 4.98 Å². The molecule has 88 valence electrons. The first-order valence-corrected chi connectivity index (χ1v) is 5.96. The molecule has 0 radical (unpaired) electrons. The molecule has 1 aromatic rings. The fraction of sp³-hybridized carbons (Fsp3) is 0.615. The van der Waals surface area contributed by atoms with Crippen molar-refractivity contribution in [2.75, 3.05) is 6.54 Å². The zero-order valence-electron chi connectivity index (χ0n) is 10.3. The van der Waals surface area contributed by atoms with E-state index in [4.69, 9.17) is 0 Å². The average molecular weight is 221 g/mol.